The lowest BCUT2D eigenvalue weighted by Crippen LogP contribution is -2.28. The van der Waals surface area contributed by atoms with Gasteiger partial charge in [0, 0.05) is 27.2 Å². The topological polar surface area (TPSA) is 78.5 Å². The van der Waals surface area contributed by atoms with Crippen molar-refractivity contribution in [2.45, 2.75) is 5.51 Å². The Hall–Kier alpha value is -5.09. The molecule has 0 fully saturated rings. The molecule has 0 radical (unpaired) electrons. The van der Waals surface area contributed by atoms with Crippen LogP contribution < -0.4 is 9.81 Å². The fraction of sp³-hybridized carbons (Fsp3) is 0.0312. The third kappa shape index (κ3) is 4.02. The molecule has 6 nitrogen and oxygen atoms in total. The number of aromatic nitrogens is 1. The molecule has 0 saturated carbocycles. The van der Waals surface area contributed by atoms with Gasteiger partial charge in [0.05, 0.1) is 11.0 Å². The molecule has 7 rings (SSSR count). The highest BCUT2D eigenvalue weighted by molar-refractivity contribution is 7.88. The summed E-state index contributed by atoms with van der Waals surface area (Å²) in [6, 6.07) is 33.1. The minimum atomic E-state index is -5.99. The molecule has 0 atom stereocenters. The van der Waals surface area contributed by atoms with E-state index < -0.39 is 32.4 Å². The molecular weight excluding hydrogens is 567 g/mol. The SMILES string of the molecule is O=c1oc2cc(-c3ccc4c(c3)c3ccccc3n4-c3ccccc3)ccc2c2cccc(OS(=O)(=O)C(F)(F)F)c12. The van der Waals surface area contributed by atoms with Crippen LogP contribution in [0.1, 0.15) is 0 Å². The Kier molecular flexibility index (Phi) is 5.67. The summed E-state index contributed by atoms with van der Waals surface area (Å²) in [5.74, 6) is -0.759. The second kappa shape index (κ2) is 9.22. The van der Waals surface area contributed by atoms with Gasteiger partial charge < -0.3 is 13.2 Å². The summed E-state index contributed by atoms with van der Waals surface area (Å²) in [4.78, 5) is 12.9. The van der Waals surface area contributed by atoms with Crippen molar-refractivity contribution in [1.29, 1.82) is 0 Å². The Bertz CT molecular complexity index is 2360. The van der Waals surface area contributed by atoms with Crippen molar-refractivity contribution < 1.29 is 30.2 Å². The van der Waals surface area contributed by atoms with E-state index in [0.29, 0.717) is 5.39 Å². The van der Waals surface area contributed by atoms with E-state index in [0.717, 1.165) is 44.7 Å². The zero-order valence-electron chi connectivity index (χ0n) is 21.4. The Labute approximate surface area is 235 Å². The fourth-order valence-electron chi connectivity index (χ4n) is 5.37. The lowest BCUT2D eigenvalue weighted by molar-refractivity contribution is -0.0499. The Morgan fingerprint density at radius 1 is 0.667 bits per heavy atom. The molecule has 0 amide bonds. The van der Waals surface area contributed by atoms with Crippen molar-refractivity contribution >= 4 is 53.7 Å². The zero-order valence-corrected chi connectivity index (χ0v) is 22.2. The van der Waals surface area contributed by atoms with Gasteiger partial charge in [0.2, 0.25) is 0 Å². The largest absolute Gasteiger partial charge is 0.534 e. The van der Waals surface area contributed by atoms with Crippen molar-refractivity contribution in [3.8, 4) is 22.6 Å². The Balaban J connectivity index is 1.38. The van der Waals surface area contributed by atoms with E-state index >= 15 is 0 Å². The molecule has 7 aromatic rings. The molecular formula is C32H18F3NO5S. The number of alkyl halides is 3. The monoisotopic (exact) mass is 585 g/mol. The Morgan fingerprint density at radius 3 is 2.12 bits per heavy atom. The van der Waals surface area contributed by atoms with E-state index in [9.17, 15) is 26.4 Å². The van der Waals surface area contributed by atoms with Crippen molar-refractivity contribution in [1.82, 2.24) is 4.57 Å². The first-order valence-electron chi connectivity index (χ1n) is 12.7. The van der Waals surface area contributed by atoms with Crippen LogP contribution in [-0.4, -0.2) is 18.5 Å². The molecule has 2 heterocycles. The zero-order chi connectivity index (χ0) is 29.2. The van der Waals surface area contributed by atoms with Gasteiger partial charge in [-0.1, -0.05) is 60.7 Å². The average molecular weight is 586 g/mol. The van der Waals surface area contributed by atoms with Crippen LogP contribution in [0.5, 0.6) is 5.75 Å². The van der Waals surface area contributed by atoms with Gasteiger partial charge in [0.1, 0.15) is 11.0 Å². The molecule has 208 valence electrons. The van der Waals surface area contributed by atoms with E-state index in [2.05, 4.69) is 26.9 Å². The molecule has 0 unspecified atom stereocenters. The number of rotatable bonds is 4. The van der Waals surface area contributed by atoms with Crippen LogP contribution in [0.25, 0.3) is 60.4 Å². The van der Waals surface area contributed by atoms with Crippen molar-refractivity contribution in [3.05, 3.63) is 120 Å². The quantitative estimate of drug-likeness (QED) is 0.0907. The lowest BCUT2D eigenvalue weighted by Gasteiger charge is -2.12. The van der Waals surface area contributed by atoms with Crippen LogP contribution >= 0.6 is 0 Å². The summed E-state index contributed by atoms with van der Waals surface area (Å²) in [5, 5.41) is 2.30. The minimum absolute atomic E-state index is 0.188. The van der Waals surface area contributed by atoms with E-state index in [4.69, 9.17) is 4.42 Å². The van der Waals surface area contributed by atoms with Gasteiger partial charge in [0.25, 0.3) is 0 Å². The van der Waals surface area contributed by atoms with Crippen LogP contribution in [0.2, 0.25) is 0 Å². The highest BCUT2D eigenvalue weighted by atomic mass is 32.2. The number of hydrogen-bond acceptors (Lipinski definition) is 5. The fourth-order valence-corrected chi connectivity index (χ4v) is 5.84. The summed E-state index contributed by atoms with van der Waals surface area (Å²) in [6.45, 7) is 0. The maximum atomic E-state index is 12.9. The second-order valence-corrected chi connectivity index (χ2v) is 11.2. The summed E-state index contributed by atoms with van der Waals surface area (Å²) in [6.07, 6.45) is 0. The van der Waals surface area contributed by atoms with Crippen LogP contribution in [0, 0.1) is 0 Å². The van der Waals surface area contributed by atoms with Crippen molar-refractivity contribution in [2.24, 2.45) is 0 Å². The smallest absolute Gasteiger partial charge is 0.422 e. The van der Waals surface area contributed by atoms with Gasteiger partial charge in [-0.2, -0.15) is 21.6 Å². The molecule has 0 aliphatic rings. The highest BCUT2D eigenvalue weighted by Gasteiger charge is 2.48. The molecule has 0 saturated heterocycles. The van der Waals surface area contributed by atoms with E-state index in [-0.39, 0.29) is 11.0 Å². The lowest BCUT2D eigenvalue weighted by atomic mass is 10.00. The van der Waals surface area contributed by atoms with E-state index in [1.165, 1.54) is 12.1 Å². The number of hydrogen-bond donors (Lipinski definition) is 0. The predicted octanol–water partition coefficient (Wildman–Crippen LogP) is 7.94. The minimum Gasteiger partial charge on any atom is -0.422 e. The van der Waals surface area contributed by atoms with Gasteiger partial charge in [0.15, 0.2) is 5.75 Å². The average Bonchev–Trinajstić information content (AvgIpc) is 3.30. The van der Waals surface area contributed by atoms with Gasteiger partial charge in [-0.3, -0.25) is 0 Å². The summed E-state index contributed by atoms with van der Waals surface area (Å²) in [5.41, 5.74) is -1.79. The van der Waals surface area contributed by atoms with Gasteiger partial charge in [-0.15, -0.1) is 0 Å². The molecule has 0 aliphatic carbocycles. The summed E-state index contributed by atoms with van der Waals surface area (Å²) in [7, 11) is -5.99. The molecule has 42 heavy (non-hydrogen) atoms. The molecule has 2 aromatic heterocycles. The van der Waals surface area contributed by atoms with Gasteiger partial charge in [-0.05, 0) is 59.7 Å². The number of para-hydroxylation sites is 2. The van der Waals surface area contributed by atoms with Crippen LogP contribution in [0.3, 0.4) is 0 Å². The van der Waals surface area contributed by atoms with E-state index in [1.54, 1.807) is 18.2 Å². The third-order valence-electron chi connectivity index (χ3n) is 7.21. The molecule has 0 bridgehead atoms. The number of benzene rings is 5. The maximum Gasteiger partial charge on any atom is 0.534 e. The molecule has 0 spiro atoms. The predicted molar refractivity (Wildman–Crippen MR) is 155 cm³/mol. The molecule has 0 N–H and O–H groups in total. The summed E-state index contributed by atoms with van der Waals surface area (Å²) >= 11 is 0. The van der Waals surface area contributed by atoms with Crippen LogP contribution in [-0.2, 0) is 10.1 Å². The van der Waals surface area contributed by atoms with Crippen molar-refractivity contribution in [3.63, 3.8) is 0 Å². The third-order valence-corrected chi connectivity index (χ3v) is 8.17. The number of nitrogens with zero attached hydrogens (tertiary/aromatic N) is 1. The maximum absolute atomic E-state index is 12.9. The number of halogens is 3. The number of fused-ring (bicyclic) bond motifs is 6. The highest BCUT2D eigenvalue weighted by Crippen LogP contribution is 2.37. The van der Waals surface area contributed by atoms with E-state index in [1.807, 2.05) is 54.6 Å². The van der Waals surface area contributed by atoms with Crippen molar-refractivity contribution in [2.75, 3.05) is 0 Å². The van der Waals surface area contributed by atoms with Crippen LogP contribution in [0.4, 0.5) is 13.2 Å². The first-order chi connectivity index (χ1) is 20.1. The molecule has 10 heteroatoms. The first-order valence-corrected chi connectivity index (χ1v) is 14.1. The van der Waals surface area contributed by atoms with Crippen LogP contribution in [0.15, 0.2) is 118 Å². The second-order valence-electron chi connectivity index (χ2n) is 9.68. The summed E-state index contributed by atoms with van der Waals surface area (Å²) < 4.78 is 74.0. The normalized spacial score (nSPS) is 12.5. The molecule has 0 aliphatic heterocycles. The first kappa shape index (κ1) is 25.8. The van der Waals surface area contributed by atoms with Gasteiger partial charge in [-0.25, -0.2) is 4.79 Å². The van der Waals surface area contributed by atoms with Gasteiger partial charge >= 0.3 is 21.3 Å². The Morgan fingerprint density at radius 2 is 1.33 bits per heavy atom. The molecule has 5 aromatic carbocycles. The standard InChI is InChI=1S/C32H18F3NO5S/c33-32(34,35)42(38,39)41-28-12-6-10-24-23-15-13-20(18-29(23)40-31(37)30(24)28)19-14-16-27-25(17-19)22-9-4-5-11-26(22)36(27)21-7-2-1-3-8-21/h1-18H.